The van der Waals surface area contributed by atoms with Crippen LogP contribution in [-0.4, -0.2) is 70.6 Å². The van der Waals surface area contributed by atoms with Gasteiger partial charge in [-0.25, -0.2) is 8.78 Å². The van der Waals surface area contributed by atoms with E-state index < -0.39 is 28.8 Å². The van der Waals surface area contributed by atoms with E-state index in [1.165, 1.54) is 36.4 Å². The Morgan fingerprint density at radius 3 is 1.79 bits per heavy atom. The zero-order chi connectivity index (χ0) is 33.6. The molecule has 0 bridgehead atoms. The lowest BCUT2D eigenvalue weighted by molar-refractivity contribution is -0.145. The highest BCUT2D eigenvalue weighted by molar-refractivity contribution is 6.01. The van der Waals surface area contributed by atoms with Crippen LogP contribution in [0.1, 0.15) is 76.8 Å². The lowest BCUT2D eigenvalue weighted by Crippen LogP contribution is -2.54. The molecule has 0 saturated carbocycles. The van der Waals surface area contributed by atoms with Crippen LogP contribution in [-0.2, 0) is 16.0 Å². The molecule has 1 unspecified atom stereocenters. The van der Waals surface area contributed by atoms with Crippen LogP contribution >= 0.6 is 0 Å². The second-order valence-corrected chi connectivity index (χ2v) is 13.9. The number of rotatable bonds is 5. The fraction of sp³-hybridized carbons (Fsp3) is 0.421. The van der Waals surface area contributed by atoms with Crippen LogP contribution < -0.4 is 9.47 Å². The quantitative estimate of drug-likeness (QED) is 0.341. The topological polar surface area (TPSA) is 93.2 Å². The minimum Gasteiger partial charge on any atom is -0.486 e. The monoisotopic (exact) mass is 656 g/mol. The van der Waals surface area contributed by atoms with Crippen molar-refractivity contribution in [2.24, 2.45) is 5.92 Å². The van der Waals surface area contributed by atoms with Gasteiger partial charge in [0.1, 0.15) is 34.3 Å². The Morgan fingerprint density at radius 2 is 1.27 bits per heavy atom. The minimum absolute atomic E-state index is 0.0389. The summed E-state index contributed by atoms with van der Waals surface area (Å²) in [6.45, 7) is 3.52. The molecule has 3 aromatic carbocycles. The molecule has 4 aliphatic rings. The highest BCUT2D eigenvalue weighted by atomic mass is 19.1. The Kier molecular flexibility index (Phi) is 8.29. The molecule has 3 aromatic rings. The van der Waals surface area contributed by atoms with Gasteiger partial charge in [0.05, 0.1) is 29.9 Å². The molecule has 8 nitrogen and oxygen atoms in total. The van der Waals surface area contributed by atoms with Crippen LogP contribution in [0.5, 0.6) is 11.5 Å². The molecule has 1 atom stereocenters. The highest BCUT2D eigenvalue weighted by Gasteiger charge is 2.46. The van der Waals surface area contributed by atoms with Gasteiger partial charge in [0.25, 0.3) is 0 Å². The molecule has 0 radical (unpaired) electrons. The van der Waals surface area contributed by atoms with Crippen molar-refractivity contribution >= 4 is 23.4 Å². The first-order valence-electron chi connectivity index (χ1n) is 16.7. The van der Waals surface area contributed by atoms with Gasteiger partial charge in [0.15, 0.2) is 11.6 Å². The Balaban J connectivity index is 1.02. The van der Waals surface area contributed by atoms with Crippen molar-refractivity contribution in [3.05, 3.63) is 94.6 Å². The summed E-state index contributed by atoms with van der Waals surface area (Å²) >= 11 is 0. The van der Waals surface area contributed by atoms with Crippen molar-refractivity contribution in [1.29, 1.82) is 0 Å². The summed E-state index contributed by atoms with van der Waals surface area (Å²) in [5, 5.41) is 0. The first-order valence-corrected chi connectivity index (χ1v) is 16.7. The predicted octanol–water partition coefficient (Wildman–Crippen LogP) is 5.88. The van der Waals surface area contributed by atoms with E-state index >= 15 is 0 Å². The SMILES string of the molecule is Cc1cccc(CC(CC(=O)N2CCC3(CC2)CC(=O)c2cc(F)ccc2O3)C(=O)N2CCC3(CC2)CC(=O)c2cc(F)ccc2O3)c1. The zero-order valence-electron chi connectivity index (χ0n) is 26.9. The van der Waals surface area contributed by atoms with E-state index in [9.17, 15) is 28.0 Å². The zero-order valence-corrected chi connectivity index (χ0v) is 26.9. The van der Waals surface area contributed by atoms with Crippen LogP contribution in [0.25, 0.3) is 0 Å². The number of benzene rings is 3. The van der Waals surface area contributed by atoms with Gasteiger partial charge < -0.3 is 19.3 Å². The van der Waals surface area contributed by atoms with Crippen LogP contribution in [0.15, 0.2) is 60.7 Å². The summed E-state index contributed by atoms with van der Waals surface area (Å²) in [6, 6.07) is 15.9. The van der Waals surface area contributed by atoms with E-state index in [0.29, 0.717) is 69.8 Å². The molecule has 4 aliphatic heterocycles. The van der Waals surface area contributed by atoms with E-state index in [1.807, 2.05) is 31.2 Å². The maximum Gasteiger partial charge on any atom is 0.226 e. The molecule has 0 aromatic heterocycles. The fourth-order valence-corrected chi connectivity index (χ4v) is 7.76. The normalized spacial score (nSPS) is 20.1. The molecular formula is C38H38F2N2O6. The van der Waals surface area contributed by atoms with Gasteiger partial charge in [-0.05, 0) is 55.3 Å². The third-order valence-electron chi connectivity index (χ3n) is 10.5. The number of carbonyl (C=O) groups is 4. The fourth-order valence-electron chi connectivity index (χ4n) is 7.76. The molecule has 0 aliphatic carbocycles. The number of fused-ring (bicyclic) bond motifs is 2. The number of ether oxygens (including phenoxy) is 2. The van der Waals surface area contributed by atoms with Gasteiger partial charge in [-0.15, -0.1) is 0 Å². The Hall–Kier alpha value is -4.60. The number of nitrogens with zero attached hydrogens (tertiary/aromatic N) is 2. The minimum atomic E-state index is -0.748. The standard InChI is InChI=1S/C38H38F2N2O6/c1-24-3-2-4-25(17-24)18-26(36(46)42-15-11-38(12-16-42)23-32(44)30-21-28(40)6-8-34(30)48-38)19-35(45)41-13-9-37(10-14-41)22-31(43)29-20-27(39)5-7-33(29)47-37/h2-8,17,20-21,26H,9-16,18-19,22-23H2,1H3. The van der Waals surface area contributed by atoms with Crippen molar-refractivity contribution in [2.45, 2.75) is 69.5 Å². The molecule has 2 spiro atoms. The molecule has 2 saturated heterocycles. The van der Waals surface area contributed by atoms with Crippen LogP contribution in [0.3, 0.4) is 0 Å². The summed E-state index contributed by atoms with van der Waals surface area (Å²) in [6.07, 6.45) is 2.53. The van der Waals surface area contributed by atoms with Crippen molar-refractivity contribution in [3.63, 3.8) is 0 Å². The molecular weight excluding hydrogens is 618 g/mol. The van der Waals surface area contributed by atoms with Crippen LogP contribution in [0.2, 0.25) is 0 Å². The number of aryl methyl sites for hydroxylation is 1. The number of halogens is 2. The second kappa shape index (κ2) is 12.5. The number of carbonyl (C=O) groups excluding carboxylic acids is 4. The molecule has 48 heavy (non-hydrogen) atoms. The van der Waals surface area contributed by atoms with Gasteiger partial charge in [0.2, 0.25) is 11.8 Å². The maximum absolute atomic E-state index is 14.1. The number of ketones is 2. The maximum atomic E-state index is 14.1. The Morgan fingerprint density at radius 1 is 0.750 bits per heavy atom. The van der Waals surface area contributed by atoms with Gasteiger partial charge in [0, 0.05) is 58.3 Å². The summed E-state index contributed by atoms with van der Waals surface area (Å²) in [7, 11) is 0. The number of hydrogen-bond donors (Lipinski definition) is 0. The van der Waals surface area contributed by atoms with Gasteiger partial charge in [-0.3, -0.25) is 19.2 Å². The van der Waals surface area contributed by atoms with Crippen LogP contribution in [0.4, 0.5) is 8.78 Å². The molecule has 4 heterocycles. The molecule has 10 heteroatoms. The van der Waals surface area contributed by atoms with Gasteiger partial charge >= 0.3 is 0 Å². The summed E-state index contributed by atoms with van der Waals surface area (Å²) in [4.78, 5) is 57.2. The smallest absolute Gasteiger partial charge is 0.226 e. The summed E-state index contributed by atoms with van der Waals surface area (Å²) in [5.41, 5.74) is 1.06. The summed E-state index contributed by atoms with van der Waals surface area (Å²) < 4.78 is 40.0. The number of piperidine rings is 2. The van der Waals surface area contributed by atoms with E-state index in [4.69, 9.17) is 9.47 Å². The summed E-state index contributed by atoms with van der Waals surface area (Å²) in [5.74, 6) is -1.37. The average Bonchev–Trinajstić information content (AvgIpc) is 3.06. The van der Waals surface area contributed by atoms with Crippen molar-refractivity contribution in [3.8, 4) is 11.5 Å². The molecule has 0 N–H and O–H groups in total. The first-order chi connectivity index (χ1) is 23.0. The van der Waals surface area contributed by atoms with E-state index in [1.54, 1.807) is 9.80 Å². The van der Waals surface area contributed by atoms with Crippen molar-refractivity contribution in [2.75, 3.05) is 26.2 Å². The number of Topliss-reactive ketones (excluding diaryl/α,β-unsaturated/α-hetero) is 2. The molecule has 250 valence electrons. The van der Waals surface area contributed by atoms with Gasteiger partial charge in [-0.2, -0.15) is 0 Å². The third-order valence-corrected chi connectivity index (χ3v) is 10.5. The van der Waals surface area contributed by atoms with E-state index in [-0.39, 0.29) is 53.8 Å². The lowest BCUT2D eigenvalue weighted by Gasteiger charge is -2.45. The Labute approximate surface area is 278 Å². The Bertz CT molecular complexity index is 1790. The van der Waals surface area contributed by atoms with Gasteiger partial charge in [-0.1, -0.05) is 29.8 Å². The number of likely N-dealkylation sites (tertiary alicyclic amines) is 2. The van der Waals surface area contributed by atoms with E-state index in [2.05, 4.69) is 0 Å². The first kappa shape index (κ1) is 32.0. The second-order valence-electron chi connectivity index (χ2n) is 13.9. The highest BCUT2D eigenvalue weighted by Crippen LogP contribution is 2.41. The number of amides is 2. The van der Waals surface area contributed by atoms with Crippen molar-refractivity contribution in [1.82, 2.24) is 9.80 Å². The number of hydrogen-bond acceptors (Lipinski definition) is 6. The molecule has 7 rings (SSSR count). The third kappa shape index (κ3) is 6.32. The largest absolute Gasteiger partial charge is 0.486 e. The molecule has 2 amide bonds. The van der Waals surface area contributed by atoms with Crippen LogP contribution in [0, 0.1) is 24.5 Å². The van der Waals surface area contributed by atoms with Crippen molar-refractivity contribution < 1.29 is 37.4 Å². The lowest BCUT2D eigenvalue weighted by atomic mass is 9.81. The average molecular weight is 657 g/mol. The molecule has 2 fully saturated rings. The predicted molar refractivity (Wildman–Crippen MR) is 172 cm³/mol. The van der Waals surface area contributed by atoms with E-state index in [0.717, 1.165) is 11.1 Å².